The van der Waals surface area contributed by atoms with Crippen LogP contribution in [-0.4, -0.2) is 30.7 Å². The molecule has 138 valence electrons. The van der Waals surface area contributed by atoms with Gasteiger partial charge in [-0.05, 0) is 42.7 Å². The highest BCUT2D eigenvalue weighted by atomic mass is 32.2. The van der Waals surface area contributed by atoms with Gasteiger partial charge in [0.25, 0.3) is 0 Å². The Bertz CT molecular complexity index is 823. The molecule has 0 aromatic heterocycles. The van der Waals surface area contributed by atoms with Gasteiger partial charge in [0.2, 0.25) is 5.91 Å². The SMILES string of the molecule is COc1ccc(CSCC(=O)N(C)c2cc(C)ccc2C)cc1[N+](=O)[O-]. The molecule has 0 unspecified atom stereocenters. The predicted octanol–water partition coefficient (Wildman–Crippen LogP) is 4.12. The van der Waals surface area contributed by atoms with E-state index >= 15 is 0 Å². The molecular weight excluding hydrogens is 352 g/mol. The quantitative estimate of drug-likeness (QED) is 0.538. The lowest BCUT2D eigenvalue weighted by atomic mass is 10.1. The summed E-state index contributed by atoms with van der Waals surface area (Å²) < 4.78 is 5.00. The van der Waals surface area contributed by atoms with Crippen molar-refractivity contribution >= 4 is 29.0 Å². The van der Waals surface area contributed by atoms with Gasteiger partial charge in [0.1, 0.15) is 0 Å². The molecule has 0 fully saturated rings. The van der Waals surface area contributed by atoms with Crippen LogP contribution < -0.4 is 9.64 Å². The third-order valence-electron chi connectivity index (χ3n) is 4.03. The molecule has 0 heterocycles. The molecule has 2 aromatic carbocycles. The van der Waals surface area contributed by atoms with Gasteiger partial charge in [0.05, 0.1) is 17.8 Å². The zero-order valence-corrected chi connectivity index (χ0v) is 16.1. The van der Waals surface area contributed by atoms with E-state index in [1.165, 1.54) is 24.9 Å². The number of nitro benzene ring substituents is 1. The van der Waals surface area contributed by atoms with E-state index in [0.717, 1.165) is 22.4 Å². The summed E-state index contributed by atoms with van der Waals surface area (Å²) in [5.41, 5.74) is 3.76. The number of rotatable bonds is 7. The van der Waals surface area contributed by atoms with Gasteiger partial charge in [0.15, 0.2) is 5.75 Å². The standard InChI is InChI=1S/C19H22N2O4S/c1-13-5-6-14(2)16(9-13)20(3)19(22)12-26-11-15-7-8-18(25-4)17(10-15)21(23)24/h5-10H,11-12H2,1-4H3. The highest BCUT2D eigenvalue weighted by molar-refractivity contribution is 7.99. The van der Waals surface area contributed by atoms with Gasteiger partial charge in [-0.2, -0.15) is 0 Å². The molecule has 0 N–H and O–H groups in total. The van der Waals surface area contributed by atoms with Crippen molar-refractivity contribution in [3.05, 3.63) is 63.2 Å². The molecule has 0 atom stereocenters. The van der Waals surface area contributed by atoms with Gasteiger partial charge >= 0.3 is 5.69 Å². The van der Waals surface area contributed by atoms with E-state index in [2.05, 4.69) is 0 Å². The number of benzene rings is 2. The van der Waals surface area contributed by atoms with Gasteiger partial charge in [0, 0.05) is 24.6 Å². The van der Waals surface area contributed by atoms with E-state index in [4.69, 9.17) is 4.74 Å². The van der Waals surface area contributed by atoms with Crippen molar-refractivity contribution in [2.24, 2.45) is 0 Å². The summed E-state index contributed by atoms with van der Waals surface area (Å²) in [6.45, 7) is 3.97. The molecule has 0 radical (unpaired) electrons. The summed E-state index contributed by atoms with van der Waals surface area (Å²) in [7, 11) is 3.17. The summed E-state index contributed by atoms with van der Waals surface area (Å²) in [5, 5.41) is 11.1. The minimum absolute atomic E-state index is 0.00767. The molecule has 0 saturated heterocycles. The smallest absolute Gasteiger partial charge is 0.311 e. The molecule has 2 rings (SSSR count). The number of amides is 1. The first-order valence-corrected chi connectivity index (χ1v) is 9.21. The fraction of sp³-hybridized carbons (Fsp3) is 0.316. The number of ether oxygens (including phenoxy) is 1. The van der Waals surface area contributed by atoms with Crippen molar-refractivity contribution < 1.29 is 14.5 Å². The van der Waals surface area contributed by atoms with E-state index in [1.807, 2.05) is 32.0 Å². The number of thioether (sulfide) groups is 1. The molecule has 0 saturated carbocycles. The molecule has 0 spiro atoms. The molecule has 26 heavy (non-hydrogen) atoms. The van der Waals surface area contributed by atoms with Crippen LogP contribution in [0, 0.1) is 24.0 Å². The van der Waals surface area contributed by atoms with E-state index in [1.54, 1.807) is 24.1 Å². The van der Waals surface area contributed by atoms with Crippen LogP contribution in [0.4, 0.5) is 11.4 Å². The third-order valence-corrected chi connectivity index (χ3v) is 5.02. The lowest BCUT2D eigenvalue weighted by molar-refractivity contribution is -0.385. The zero-order chi connectivity index (χ0) is 19.3. The summed E-state index contributed by atoms with van der Waals surface area (Å²) >= 11 is 1.43. The van der Waals surface area contributed by atoms with Crippen LogP contribution in [0.15, 0.2) is 36.4 Å². The van der Waals surface area contributed by atoms with Gasteiger partial charge in [-0.3, -0.25) is 14.9 Å². The Labute approximate surface area is 157 Å². The minimum atomic E-state index is -0.466. The van der Waals surface area contributed by atoms with Crippen molar-refractivity contribution in [2.75, 3.05) is 24.8 Å². The van der Waals surface area contributed by atoms with Crippen LogP contribution in [0.1, 0.15) is 16.7 Å². The second-order valence-corrected chi connectivity index (χ2v) is 6.98. The van der Waals surface area contributed by atoms with Crippen LogP contribution in [0.25, 0.3) is 0 Å². The number of carbonyl (C=O) groups excluding carboxylic acids is 1. The third kappa shape index (κ3) is 4.76. The maximum Gasteiger partial charge on any atom is 0.311 e. The van der Waals surface area contributed by atoms with Crippen molar-refractivity contribution in [1.29, 1.82) is 0 Å². The molecule has 0 aliphatic heterocycles. The van der Waals surface area contributed by atoms with Crippen LogP contribution in [0.3, 0.4) is 0 Å². The summed E-state index contributed by atoms with van der Waals surface area (Å²) in [4.78, 5) is 24.7. The number of nitrogens with zero attached hydrogens (tertiary/aromatic N) is 2. The lowest BCUT2D eigenvalue weighted by Gasteiger charge is -2.20. The number of carbonyl (C=O) groups is 1. The Morgan fingerprint density at radius 3 is 2.62 bits per heavy atom. The Morgan fingerprint density at radius 1 is 1.23 bits per heavy atom. The summed E-state index contributed by atoms with van der Waals surface area (Å²) in [6.07, 6.45) is 0. The van der Waals surface area contributed by atoms with Gasteiger partial charge < -0.3 is 9.64 Å². The van der Waals surface area contributed by atoms with Crippen molar-refractivity contribution in [3.63, 3.8) is 0 Å². The fourth-order valence-corrected chi connectivity index (χ4v) is 3.42. The topological polar surface area (TPSA) is 72.7 Å². The zero-order valence-electron chi connectivity index (χ0n) is 15.3. The Morgan fingerprint density at radius 2 is 1.96 bits per heavy atom. The average Bonchev–Trinajstić information content (AvgIpc) is 2.62. The molecule has 0 aliphatic rings. The largest absolute Gasteiger partial charge is 0.490 e. The van der Waals surface area contributed by atoms with E-state index in [9.17, 15) is 14.9 Å². The highest BCUT2D eigenvalue weighted by Gasteiger charge is 2.16. The number of nitro groups is 1. The molecule has 2 aromatic rings. The number of hydrogen-bond acceptors (Lipinski definition) is 5. The van der Waals surface area contributed by atoms with E-state index in [0.29, 0.717) is 11.5 Å². The lowest BCUT2D eigenvalue weighted by Crippen LogP contribution is -2.28. The molecule has 7 heteroatoms. The van der Waals surface area contributed by atoms with Crippen molar-refractivity contribution in [2.45, 2.75) is 19.6 Å². The fourth-order valence-electron chi connectivity index (χ4n) is 2.54. The van der Waals surface area contributed by atoms with Crippen LogP contribution in [0.5, 0.6) is 5.75 Å². The number of hydrogen-bond donors (Lipinski definition) is 0. The predicted molar refractivity (Wildman–Crippen MR) is 105 cm³/mol. The van der Waals surface area contributed by atoms with Crippen LogP contribution >= 0.6 is 11.8 Å². The van der Waals surface area contributed by atoms with Crippen molar-refractivity contribution in [3.8, 4) is 5.75 Å². The highest BCUT2D eigenvalue weighted by Crippen LogP contribution is 2.29. The Kier molecular flexibility index (Phi) is 6.63. The maximum atomic E-state index is 12.4. The average molecular weight is 374 g/mol. The van der Waals surface area contributed by atoms with Crippen molar-refractivity contribution in [1.82, 2.24) is 0 Å². The molecule has 0 aliphatic carbocycles. The number of anilines is 1. The monoisotopic (exact) mass is 374 g/mol. The maximum absolute atomic E-state index is 12.4. The second-order valence-electron chi connectivity index (χ2n) is 6.00. The first kappa shape index (κ1) is 19.8. The molecule has 1 amide bonds. The van der Waals surface area contributed by atoms with Gasteiger partial charge in [-0.25, -0.2) is 0 Å². The summed E-state index contributed by atoms with van der Waals surface area (Å²) in [5.74, 6) is 1.03. The first-order chi connectivity index (χ1) is 12.3. The van der Waals surface area contributed by atoms with Crippen LogP contribution in [0.2, 0.25) is 0 Å². The molecular formula is C19H22N2O4S. The van der Waals surface area contributed by atoms with Crippen LogP contribution in [-0.2, 0) is 10.5 Å². The van der Waals surface area contributed by atoms with Gasteiger partial charge in [-0.1, -0.05) is 18.2 Å². The Balaban J connectivity index is 1.99. The normalized spacial score (nSPS) is 10.5. The molecule has 0 bridgehead atoms. The number of aryl methyl sites for hydroxylation is 2. The minimum Gasteiger partial charge on any atom is -0.490 e. The van der Waals surface area contributed by atoms with Gasteiger partial charge in [-0.15, -0.1) is 11.8 Å². The first-order valence-electron chi connectivity index (χ1n) is 8.06. The second kappa shape index (κ2) is 8.71. The number of methoxy groups -OCH3 is 1. The van der Waals surface area contributed by atoms with E-state index in [-0.39, 0.29) is 17.3 Å². The molecule has 6 nitrogen and oxygen atoms in total. The summed E-state index contributed by atoms with van der Waals surface area (Å²) in [6, 6.07) is 10.9. The Hall–Kier alpha value is -2.54. The van der Waals surface area contributed by atoms with E-state index < -0.39 is 4.92 Å².